The molecule has 4 N–H and O–H groups in total. The maximum absolute atomic E-state index is 12.5. The second-order valence-corrected chi connectivity index (χ2v) is 8.94. The van der Waals surface area contributed by atoms with Gasteiger partial charge < -0.3 is 30.0 Å². The lowest BCUT2D eigenvalue weighted by atomic mass is 10.0. The number of aromatic nitrogens is 2. The Morgan fingerprint density at radius 3 is 2.83 bits per heavy atom. The second kappa shape index (κ2) is 12.8. The minimum atomic E-state index is -0.415. The maximum Gasteiger partial charge on any atom is 0.407 e. The first-order chi connectivity index (χ1) is 17.3. The molecular weight excluding hydrogens is 466 g/mol. The summed E-state index contributed by atoms with van der Waals surface area (Å²) >= 11 is 0. The summed E-state index contributed by atoms with van der Waals surface area (Å²) in [6, 6.07) is 4.84. The van der Waals surface area contributed by atoms with Gasteiger partial charge in [-0.05, 0) is 39.5 Å². The zero-order chi connectivity index (χ0) is 26.1. The average molecular weight is 502 g/mol. The predicted octanol–water partition coefficient (Wildman–Crippen LogP) is 3.74. The van der Waals surface area contributed by atoms with Gasteiger partial charge in [0.15, 0.2) is 12.4 Å². The summed E-state index contributed by atoms with van der Waals surface area (Å²) in [6.07, 6.45) is 4.15. The molecule has 2 amide bonds. The first kappa shape index (κ1) is 26.8. The van der Waals surface area contributed by atoms with E-state index < -0.39 is 5.91 Å². The number of carbonyl (C=O) groups excluding carboxylic acids is 2. The number of benzene rings is 1. The van der Waals surface area contributed by atoms with E-state index >= 15 is 0 Å². The third-order valence-corrected chi connectivity index (χ3v) is 5.67. The van der Waals surface area contributed by atoms with Gasteiger partial charge in [-0.3, -0.25) is 14.9 Å². The number of anilines is 1. The monoisotopic (exact) mass is 501 g/mol. The molecule has 1 aromatic heterocycles. The number of rotatable bonds is 11. The molecule has 1 aliphatic rings. The lowest BCUT2D eigenvalue weighted by molar-refractivity contribution is -0.118. The van der Waals surface area contributed by atoms with Crippen molar-refractivity contribution in [2.45, 2.75) is 64.5 Å². The Bertz CT molecular complexity index is 1070. The number of carbonyl (C=O) groups is 2. The van der Waals surface area contributed by atoms with E-state index in [2.05, 4.69) is 25.8 Å². The van der Waals surface area contributed by atoms with Gasteiger partial charge in [-0.15, -0.1) is 0 Å². The molecule has 11 nitrogen and oxygen atoms in total. The van der Waals surface area contributed by atoms with E-state index in [-0.39, 0.29) is 42.3 Å². The van der Waals surface area contributed by atoms with Gasteiger partial charge in [0.05, 0.1) is 12.7 Å². The number of hydrogen-bond acceptors (Lipinski definition) is 8. The van der Waals surface area contributed by atoms with Crippen LogP contribution in [0.1, 0.15) is 63.6 Å². The van der Waals surface area contributed by atoms with Crippen molar-refractivity contribution in [3.05, 3.63) is 29.5 Å². The summed E-state index contributed by atoms with van der Waals surface area (Å²) in [5.74, 6) is 0.720. The summed E-state index contributed by atoms with van der Waals surface area (Å²) in [5.41, 5.74) is 1.23. The summed E-state index contributed by atoms with van der Waals surface area (Å²) in [6.45, 7) is 6.09. The van der Waals surface area contributed by atoms with Crippen LogP contribution < -0.4 is 20.1 Å². The molecule has 0 radical (unpaired) electrons. The molecule has 1 fully saturated rings. The summed E-state index contributed by atoms with van der Waals surface area (Å²) in [5, 5.41) is 22.9. The van der Waals surface area contributed by atoms with Gasteiger partial charge in [-0.1, -0.05) is 6.92 Å². The molecule has 0 aliphatic heterocycles. The highest BCUT2D eigenvalue weighted by atomic mass is 16.6. The minimum Gasteiger partial charge on any atom is -0.507 e. The summed E-state index contributed by atoms with van der Waals surface area (Å²) < 4.78 is 16.3. The van der Waals surface area contributed by atoms with Crippen molar-refractivity contribution in [2.75, 3.05) is 25.6 Å². The molecular formula is C25H35N5O6. The van der Waals surface area contributed by atoms with Crippen molar-refractivity contribution in [1.29, 1.82) is 0 Å². The lowest BCUT2D eigenvalue weighted by Gasteiger charge is -2.13. The number of H-pyrrole nitrogens is 1. The van der Waals surface area contributed by atoms with Gasteiger partial charge >= 0.3 is 6.09 Å². The fourth-order valence-corrected chi connectivity index (χ4v) is 3.86. The fourth-order valence-electron chi connectivity index (χ4n) is 3.86. The Hall–Kier alpha value is -3.76. The number of aliphatic imine (C=N–C) groups is 1. The van der Waals surface area contributed by atoms with Crippen LogP contribution in [0.3, 0.4) is 0 Å². The largest absolute Gasteiger partial charge is 0.507 e. The summed E-state index contributed by atoms with van der Waals surface area (Å²) in [7, 11) is 1.47. The quantitative estimate of drug-likeness (QED) is 0.343. The first-order valence-corrected chi connectivity index (χ1v) is 12.2. The Kier molecular flexibility index (Phi) is 9.54. The molecule has 196 valence electrons. The van der Waals surface area contributed by atoms with E-state index in [0.29, 0.717) is 30.1 Å². The zero-order valence-corrected chi connectivity index (χ0v) is 21.2. The number of aromatic hydroxyl groups is 1. The van der Waals surface area contributed by atoms with Crippen LogP contribution in [0.4, 0.5) is 10.6 Å². The van der Waals surface area contributed by atoms with Crippen LogP contribution in [0.2, 0.25) is 0 Å². The van der Waals surface area contributed by atoms with Gasteiger partial charge in [0.1, 0.15) is 23.4 Å². The Labute approximate surface area is 210 Å². The van der Waals surface area contributed by atoms with Crippen molar-refractivity contribution >= 4 is 24.0 Å². The van der Waals surface area contributed by atoms with E-state index in [4.69, 9.17) is 14.2 Å². The van der Waals surface area contributed by atoms with E-state index in [1.165, 1.54) is 19.4 Å². The highest BCUT2D eigenvalue weighted by Gasteiger charge is 2.30. The Morgan fingerprint density at radius 1 is 1.31 bits per heavy atom. The van der Waals surface area contributed by atoms with Crippen molar-refractivity contribution < 1.29 is 28.9 Å². The molecule has 2 aromatic rings. The number of phenols is 1. The number of phenolic OH excluding ortho intramolecular Hbond substituents is 1. The van der Waals surface area contributed by atoms with Crippen LogP contribution in [0, 0.1) is 0 Å². The lowest BCUT2D eigenvalue weighted by Crippen LogP contribution is -2.28. The standard InChI is InChI=1S/C25H35N5O6/c1-5-8-26-25(33)36-17-7-6-16(9-17)20-12-23(30-29-20)28-24(32)14-35-22-11-18(34-4)10-21(31)19(22)13-27-15(2)3/h10-13,15-17,31H,5-9,14H2,1-4H3,(H,26,33)(H2,28,29,30,32)/b27-13+/t16-,17+/m0/s1. The first-order valence-electron chi connectivity index (χ1n) is 12.2. The minimum absolute atomic E-state index is 0.0245. The SMILES string of the molecule is CCCNC(=O)O[C@@H]1CC[C@H](c2cc(NC(=O)COc3cc(OC)cc(O)c3/C=N/C(C)C)n[nH]2)C1. The number of aromatic amines is 1. The average Bonchev–Trinajstić information content (AvgIpc) is 3.49. The highest BCUT2D eigenvalue weighted by Crippen LogP contribution is 2.36. The van der Waals surface area contributed by atoms with Crippen LogP contribution in [0.5, 0.6) is 17.2 Å². The number of nitrogens with one attached hydrogen (secondary N) is 3. The van der Waals surface area contributed by atoms with E-state index in [1.807, 2.05) is 20.8 Å². The molecule has 0 unspecified atom stereocenters. The van der Waals surface area contributed by atoms with Crippen molar-refractivity contribution in [3.63, 3.8) is 0 Å². The molecule has 3 rings (SSSR count). The molecule has 0 bridgehead atoms. The Morgan fingerprint density at radius 2 is 2.11 bits per heavy atom. The fraction of sp³-hybridized carbons (Fsp3) is 0.520. The number of alkyl carbamates (subject to hydrolysis) is 1. The summed E-state index contributed by atoms with van der Waals surface area (Å²) in [4.78, 5) is 28.6. The van der Waals surface area contributed by atoms with Gasteiger partial charge in [-0.2, -0.15) is 5.10 Å². The topological polar surface area (TPSA) is 147 Å². The molecule has 1 saturated carbocycles. The van der Waals surface area contributed by atoms with Gasteiger partial charge in [0, 0.05) is 48.6 Å². The molecule has 1 aromatic carbocycles. The molecule has 1 heterocycles. The van der Waals surface area contributed by atoms with E-state index in [1.54, 1.807) is 12.1 Å². The van der Waals surface area contributed by atoms with Crippen molar-refractivity contribution in [2.24, 2.45) is 4.99 Å². The normalized spacial score (nSPS) is 17.4. The number of hydrogen-bond donors (Lipinski definition) is 4. The van der Waals surface area contributed by atoms with Gasteiger partial charge in [-0.25, -0.2) is 4.79 Å². The van der Waals surface area contributed by atoms with Gasteiger partial charge in [0.2, 0.25) is 0 Å². The number of amides is 2. The van der Waals surface area contributed by atoms with E-state index in [0.717, 1.165) is 25.0 Å². The van der Waals surface area contributed by atoms with Crippen molar-refractivity contribution in [1.82, 2.24) is 15.5 Å². The van der Waals surface area contributed by atoms with Crippen molar-refractivity contribution in [3.8, 4) is 17.2 Å². The molecule has 0 saturated heterocycles. The molecule has 11 heteroatoms. The highest BCUT2D eigenvalue weighted by molar-refractivity contribution is 5.92. The number of nitrogens with zero attached hydrogens (tertiary/aromatic N) is 2. The predicted molar refractivity (Wildman–Crippen MR) is 135 cm³/mol. The second-order valence-electron chi connectivity index (χ2n) is 8.94. The number of ether oxygens (including phenoxy) is 3. The van der Waals surface area contributed by atoms with Crippen LogP contribution >= 0.6 is 0 Å². The van der Waals surface area contributed by atoms with Crippen LogP contribution in [0.25, 0.3) is 0 Å². The van der Waals surface area contributed by atoms with Crippen LogP contribution in [-0.4, -0.2) is 65.9 Å². The third kappa shape index (κ3) is 7.62. The maximum atomic E-state index is 12.5. The smallest absolute Gasteiger partial charge is 0.407 e. The molecule has 2 atom stereocenters. The van der Waals surface area contributed by atoms with Crippen LogP contribution in [-0.2, 0) is 9.53 Å². The molecule has 36 heavy (non-hydrogen) atoms. The zero-order valence-electron chi connectivity index (χ0n) is 21.2. The third-order valence-electron chi connectivity index (χ3n) is 5.67. The van der Waals surface area contributed by atoms with Gasteiger partial charge in [0.25, 0.3) is 5.91 Å². The number of methoxy groups -OCH3 is 1. The van der Waals surface area contributed by atoms with E-state index in [9.17, 15) is 14.7 Å². The molecule has 1 aliphatic carbocycles. The molecule has 0 spiro atoms. The van der Waals surface area contributed by atoms with Crippen LogP contribution in [0.15, 0.2) is 23.2 Å². The Balaban J connectivity index is 1.55.